The van der Waals surface area contributed by atoms with Gasteiger partial charge in [-0.05, 0) is 61.8 Å². The van der Waals surface area contributed by atoms with Crippen LogP contribution in [-0.2, 0) is 6.42 Å². The van der Waals surface area contributed by atoms with Gasteiger partial charge in [0.25, 0.3) is 0 Å². The van der Waals surface area contributed by atoms with Crippen molar-refractivity contribution in [2.24, 2.45) is 0 Å². The molecule has 3 aliphatic rings. The lowest BCUT2D eigenvalue weighted by atomic mass is 9.94. The maximum Gasteiger partial charge on any atom is 0.325 e. The molecule has 2 unspecified atom stereocenters. The summed E-state index contributed by atoms with van der Waals surface area (Å²) in [5.41, 5.74) is 6.44. The van der Waals surface area contributed by atoms with Crippen molar-refractivity contribution in [3.05, 3.63) is 71.3 Å². The average Bonchev–Trinajstić information content (AvgIpc) is 2.96. The van der Waals surface area contributed by atoms with Crippen molar-refractivity contribution < 1.29 is 4.79 Å². The molecule has 3 heteroatoms. The van der Waals surface area contributed by atoms with Gasteiger partial charge in [0.15, 0.2) is 0 Å². The number of carbonyl (C=O) groups is 1. The highest BCUT2D eigenvalue weighted by atomic mass is 16.2. The molecule has 27 heavy (non-hydrogen) atoms. The van der Waals surface area contributed by atoms with Gasteiger partial charge in [0.2, 0.25) is 0 Å². The van der Waals surface area contributed by atoms with Gasteiger partial charge >= 0.3 is 6.03 Å². The normalized spacial score (nSPS) is 23.8. The second-order valence-corrected chi connectivity index (χ2v) is 8.14. The van der Waals surface area contributed by atoms with Crippen molar-refractivity contribution in [1.29, 1.82) is 0 Å². The molecular formula is C24H26N2O. The number of hydrogen-bond acceptors (Lipinski definition) is 1. The molecule has 3 heterocycles. The fourth-order valence-electron chi connectivity index (χ4n) is 5.06. The highest BCUT2D eigenvalue weighted by Gasteiger charge is 2.42. The van der Waals surface area contributed by atoms with Crippen molar-refractivity contribution in [3.8, 4) is 0 Å². The van der Waals surface area contributed by atoms with Crippen LogP contribution in [0.15, 0.2) is 54.6 Å². The minimum atomic E-state index is 0.203. The van der Waals surface area contributed by atoms with Gasteiger partial charge in [-0.3, -0.25) is 4.90 Å². The van der Waals surface area contributed by atoms with Crippen LogP contribution >= 0.6 is 0 Å². The van der Waals surface area contributed by atoms with Crippen LogP contribution in [0.4, 0.5) is 10.5 Å². The number of rotatable bonds is 1. The number of anilines is 1. The van der Waals surface area contributed by atoms with Crippen LogP contribution in [0.1, 0.15) is 42.4 Å². The molecule has 5 rings (SSSR count). The number of para-hydroxylation sites is 1. The van der Waals surface area contributed by atoms with E-state index < -0.39 is 0 Å². The molecule has 0 N–H and O–H groups in total. The second kappa shape index (κ2) is 6.56. The summed E-state index contributed by atoms with van der Waals surface area (Å²) in [5, 5.41) is 0. The number of hydrogen-bond donors (Lipinski definition) is 0. The van der Waals surface area contributed by atoms with Gasteiger partial charge in [0, 0.05) is 18.3 Å². The minimum absolute atomic E-state index is 0.203. The van der Waals surface area contributed by atoms with E-state index in [9.17, 15) is 4.79 Å². The third-order valence-electron chi connectivity index (χ3n) is 6.35. The quantitative estimate of drug-likeness (QED) is 0.688. The predicted molar refractivity (Wildman–Crippen MR) is 110 cm³/mol. The highest BCUT2D eigenvalue weighted by Crippen LogP contribution is 2.40. The Bertz CT molecular complexity index is 916. The first-order valence-electron chi connectivity index (χ1n) is 10.2. The van der Waals surface area contributed by atoms with E-state index in [0.29, 0.717) is 6.04 Å². The lowest BCUT2D eigenvalue weighted by molar-refractivity contribution is 0.186. The molecule has 2 atom stereocenters. The first-order chi connectivity index (χ1) is 13.2. The van der Waals surface area contributed by atoms with Gasteiger partial charge in [-0.2, -0.15) is 0 Å². The zero-order valence-electron chi connectivity index (χ0n) is 15.9. The Morgan fingerprint density at radius 3 is 2.81 bits per heavy atom. The molecule has 3 aliphatic heterocycles. The molecule has 2 bridgehead atoms. The van der Waals surface area contributed by atoms with Crippen molar-refractivity contribution in [1.82, 2.24) is 4.90 Å². The van der Waals surface area contributed by atoms with Crippen LogP contribution in [0.5, 0.6) is 0 Å². The van der Waals surface area contributed by atoms with E-state index in [0.717, 1.165) is 44.3 Å². The number of nitrogens with zero attached hydrogens (tertiary/aromatic N) is 2. The van der Waals surface area contributed by atoms with E-state index in [1.165, 1.54) is 22.3 Å². The third-order valence-corrected chi connectivity index (χ3v) is 6.35. The molecule has 1 fully saturated rings. The minimum Gasteiger partial charge on any atom is -0.315 e. The van der Waals surface area contributed by atoms with Crippen LogP contribution in [-0.4, -0.2) is 29.6 Å². The highest BCUT2D eigenvalue weighted by molar-refractivity contribution is 5.94. The van der Waals surface area contributed by atoms with Crippen LogP contribution in [0.25, 0.3) is 5.57 Å². The van der Waals surface area contributed by atoms with E-state index in [-0.39, 0.29) is 12.1 Å². The predicted octanol–water partition coefficient (Wildman–Crippen LogP) is 5.19. The Morgan fingerprint density at radius 2 is 1.96 bits per heavy atom. The molecule has 0 aliphatic carbocycles. The maximum absolute atomic E-state index is 13.5. The number of urea groups is 1. The van der Waals surface area contributed by atoms with E-state index in [2.05, 4.69) is 60.4 Å². The number of benzene rings is 2. The molecular weight excluding hydrogens is 332 g/mol. The summed E-state index contributed by atoms with van der Waals surface area (Å²) in [6.45, 7) is 2.98. The Morgan fingerprint density at radius 1 is 1.07 bits per heavy atom. The Balaban J connectivity index is 1.44. The van der Waals surface area contributed by atoms with Gasteiger partial charge in [-0.15, -0.1) is 0 Å². The molecule has 0 radical (unpaired) electrons. The van der Waals surface area contributed by atoms with Crippen molar-refractivity contribution in [2.45, 2.75) is 51.1 Å². The third kappa shape index (κ3) is 2.86. The summed E-state index contributed by atoms with van der Waals surface area (Å²) in [5.74, 6) is 0. The van der Waals surface area contributed by atoms with Crippen molar-refractivity contribution >= 4 is 17.3 Å². The Labute approximate surface area is 161 Å². The maximum atomic E-state index is 13.5. The zero-order valence-corrected chi connectivity index (χ0v) is 15.9. The van der Waals surface area contributed by atoms with Crippen LogP contribution in [0.3, 0.4) is 0 Å². The van der Waals surface area contributed by atoms with Gasteiger partial charge in [-0.25, -0.2) is 4.79 Å². The Kier molecular flexibility index (Phi) is 4.04. The molecule has 3 nitrogen and oxygen atoms in total. The lowest BCUT2D eigenvalue weighted by Gasteiger charge is -2.39. The molecule has 0 aromatic heterocycles. The lowest BCUT2D eigenvalue weighted by Crippen LogP contribution is -2.51. The van der Waals surface area contributed by atoms with E-state index in [4.69, 9.17) is 0 Å². The van der Waals surface area contributed by atoms with E-state index in [1.54, 1.807) is 0 Å². The number of carbonyl (C=O) groups excluding carboxylic acids is 1. The number of amides is 2. The van der Waals surface area contributed by atoms with Crippen molar-refractivity contribution in [3.63, 3.8) is 0 Å². The summed E-state index contributed by atoms with van der Waals surface area (Å²) in [6, 6.07) is 17.9. The molecule has 0 saturated carbocycles. The molecule has 138 valence electrons. The largest absolute Gasteiger partial charge is 0.325 e. The van der Waals surface area contributed by atoms with Gasteiger partial charge < -0.3 is 4.90 Å². The summed E-state index contributed by atoms with van der Waals surface area (Å²) in [6.07, 6.45) is 7.65. The number of fused-ring (bicyclic) bond motifs is 3. The van der Waals surface area contributed by atoms with Crippen LogP contribution in [0, 0.1) is 6.92 Å². The summed E-state index contributed by atoms with van der Waals surface area (Å²) in [4.78, 5) is 17.7. The first-order valence-corrected chi connectivity index (χ1v) is 10.2. The van der Waals surface area contributed by atoms with Crippen LogP contribution in [0.2, 0.25) is 0 Å². The van der Waals surface area contributed by atoms with Gasteiger partial charge in [-0.1, -0.05) is 54.1 Å². The Hall–Kier alpha value is -2.55. The molecule has 0 spiro atoms. The van der Waals surface area contributed by atoms with Gasteiger partial charge in [0.05, 0.1) is 6.04 Å². The summed E-state index contributed by atoms with van der Waals surface area (Å²) >= 11 is 0. The summed E-state index contributed by atoms with van der Waals surface area (Å²) in [7, 11) is 0. The van der Waals surface area contributed by atoms with Gasteiger partial charge in [0.1, 0.15) is 0 Å². The first kappa shape index (κ1) is 16.6. The fraction of sp³-hybridized carbons (Fsp3) is 0.375. The van der Waals surface area contributed by atoms with E-state index in [1.807, 2.05) is 11.0 Å². The standard InChI is InChI=1S/C24H26N2O/c1-17-6-4-8-19(14-17)20-15-21-11-12-22(16-20)26(21)24(27)25-13-5-9-18-7-2-3-10-23(18)25/h2-4,6-8,10,14-15,21-22H,5,9,11-13,16H2,1H3. The number of aryl methyl sites for hydroxylation is 2. The monoisotopic (exact) mass is 358 g/mol. The molecule has 2 aromatic carbocycles. The second-order valence-electron chi connectivity index (χ2n) is 8.14. The SMILES string of the molecule is Cc1cccc(C2=CC3CCC(C2)N3C(=O)N2CCCc3ccccc32)c1. The summed E-state index contributed by atoms with van der Waals surface area (Å²) < 4.78 is 0. The average molecular weight is 358 g/mol. The fourth-order valence-corrected chi connectivity index (χ4v) is 5.06. The smallest absolute Gasteiger partial charge is 0.315 e. The zero-order chi connectivity index (χ0) is 18.4. The topological polar surface area (TPSA) is 23.6 Å². The van der Waals surface area contributed by atoms with Crippen molar-refractivity contribution in [2.75, 3.05) is 11.4 Å². The van der Waals surface area contributed by atoms with Crippen LogP contribution < -0.4 is 4.90 Å². The molecule has 2 amide bonds. The van der Waals surface area contributed by atoms with E-state index >= 15 is 0 Å². The molecule has 2 aromatic rings. The molecule has 1 saturated heterocycles.